The molecule has 0 aliphatic carbocycles. The summed E-state index contributed by atoms with van der Waals surface area (Å²) in [5.41, 5.74) is 0.884. The second-order valence-corrected chi connectivity index (χ2v) is 1.88. The molecule has 0 aliphatic rings. The van der Waals surface area contributed by atoms with E-state index in [1.165, 1.54) is 0 Å². The molecule has 1 aromatic rings. The number of hydrogen-bond acceptors (Lipinski definition) is 2. The van der Waals surface area contributed by atoms with Gasteiger partial charge in [-0.05, 0) is 19.1 Å². The fourth-order valence-corrected chi connectivity index (χ4v) is 0.483. The van der Waals surface area contributed by atoms with Crippen LogP contribution in [0.25, 0.3) is 0 Å². The van der Waals surface area contributed by atoms with Gasteiger partial charge in [-0.15, -0.1) is 5.10 Å². The van der Waals surface area contributed by atoms with Crippen LogP contribution in [-0.4, -0.2) is 10.2 Å². The van der Waals surface area contributed by atoms with Gasteiger partial charge in [0.2, 0.25) is 0 Å². The van der Waals surface area contributed by atoms with Gasteiger partial charge >= 0.3 is 0 Å². The average molecular weight is 131 g/mol. The normalized spacial score (nSPS) is 9.25. The maximum Gasteiger partial charge on any atom is 0.151 e. The molecule has 0 bridgehead atoms. The van der Waals surface area contributed by atoms with Crippen LogP contribution in [0.1, 0.15) is 5.69 Å². The Balaban J connectivity index is 3.03. The van der Waals surface area contributed by atoms with Gasteiger partial charge in [0.05, 0.1) is 5.69 Å². The number of rotatable bonds is 0. The molecule has 1 aromatic heterocycles. The van der Waals surface area contributed by atoms with Crippen molar-refractivity contribution in [1.82, 2.24) is 10.2 Å². The average Bonchev–Trinajstić information content (AvgIpc) is 1.77. The number of hydrogen-bond donors (Lipinski definition) is 0. The molecular weight excluding hydrogens is 126 g/mol. The second kappa shape index (κ2) is 2.09. The summed E-state index contributed by atoms with van der Waals surface area (Å²) >= 11 is 5.44. The molecule has 1 heterocycles. The predicted molar refractivity (Wildman–Crippen MR) is 31.8 cm³/mol. The lowest BCUT2D eigenvalue weighted by molar-refractivity contribution is 0.981. The predicted octanol–water partition coefficient (Wildman–Crippen LogP) is 1.44. The summed E-state index contributed by atoms with van der Waals surface area (Å²) in [6, 6.07) is 3.53. The number of aromatic nitrogens is 2. The van der Waals surface area contributed by atoms with Crippen molar-refractivity contribution < 1.29 is 0 Å². The van der Waals surface area contributed by atoms with E-state index in [9.17, 15) is 0 Å². The first-order valence-electron chi connectivity index (χ1n) is 2.25. The highest BCUT2D eigenvalue weighted by Gasteiger charge is 1.85. The molecule has 3 heteroatoms. The van der Waals surface area contributed by atoms with Crippen LogP contribution in [0.15, 0.2) is 12.1 Å². The summed E-state index contributed by atoms with van der Waals surface area (Å²) in [6.07, 6.45) is 0. The molecule has 2 nitrogen and oxygen atoms in total. The molecule has 0 atom stereocenters. The summed E-state index contributed by atoms with van der Waals surface area (Å²) in [7, 11) is 0. The summed E-state index contributed by atoms with van der Waals surface area (Å²) in [5, 5.41) is 7.73. The maximum absolute atomic E-state index is 5.44. The van der Waals surface area contributed by atoms with Gasteiger partial charge in [0.1, 0.15) is 0 Å². The molecule has 0 N–H and O–H groups in total. The molecule has 8 heavy (non-hydrogen) atoms. The zero-order valence-electron chi connectivity index (χ0n) is 4.43. The van der Waals surface area contributed by atoms with Crippen LogP contribution >= 0.6 is 11.6 Å². The van der Waals surface area contributed by atoms with Crippen LogP contribution in [0.5, 0.6) is 0 Å². The van der Waals surface area contributed by atoms with E-state index in [0.717, 1.165) is 5.69 Å². The Morgan fingerprint density at radius 3 is 2.50 bits per heavy atom. The fourth-order valence-electron chi connectivity index (χ4n) is 0.383. The molecule has 0 amide bonds. The minimum Gasteiger partial charge on any atom is -0.154 e. The number of aryl methyl sites for hydroxylation is 1. The van der Waals surface area contributed by atoms with Crippen molar-refractivity contribution in [2.45, 2.75) is 6.92 Å². The SMILES string of the molecule is Cc1ccc(Cl)[15n][15n]1. The van der Waals surface area contributed by atoms with E-state index in [1.807, 2.05) is 13.0 Å². The summed E-state index contributed by atoms with van der Waals surface area (Å²) < 4.78 is 0. The molecule has 0 radical (unpaired) electrons. The number of halogens is 1. The molecule has 0 spiro atoms. The summed E-state index contributed by atoms with van der Waals surface area (Å²) in [6.45, 7) is 1.86. The van der Waals surface area contributed by atoms with Crippen LogP contribution in [0, 0.1) is 6.92 Å². The van der Waals surface area contributed by atoms with Gasteiger partial charge in [0.25, 0.3) is 0 Å². The largest absolute Gasteiger partial charge is 0.154 e. The highest BCUT2D eigenvalue weighted by atomic mass is 35.5. The molecule has 42 valence electrons. The van der Waals surface area contributed by atoms with E-state index in [0.29, 0.717) is 5.15 Å². The third-order valence-corrected chi connectivity index (χ3v) is 0.967. The van der Waals surface area contributed by atoms with Gasteiger partial charge in [0.15, 0.2) is 5.15 Å². The molecule has 0 aromatic carbocycles. The Kier molecular flexibility index (Phi) is 1.44. The van der Waals surface area contributed by atoms with Gasteiger partial charge in [-0.2, -0.15) is 5.10 Å². The lowest BCUT2D eigenvalue weighted by Crippen LogP contribution is -1.83. The van der Waals surface area contributed by atoms with Crippen molar-refractivity contribution in [1.29, 1.82) is 0 Å². The van der Waals surface area contributed by atoms with Crippen LogP contribution in [-0.2, 0) is 0 Å². The summed E-state index contributed by atoms with van der Waals surface area (Å²) in [4.78, 5) is 0. The highest BCUT2D eigenvalue weighted by Crippen LogP contribution is 1.99. The van der Waals surface area contributed by atoms with Crippen LogP contribution in [0.3, 0.4) is 0 Å². The third kappa shape index (κ3) is 1.17. The van der Waals surface area contributed by atoms with Gasteiger partial charge in [-0.1, -0.05) is 11.6 Å². The molecule has 0 fully saturated rings. The topological polar surface area (TPSA) is 25.8 Å². The zero-order chi connectivity index (χ0) is 5.98. The Morgan fingerprint density at radius 1 is 1.38 bits per heavy atom. The van der Waals surface area contributed by atoms with Gasteiger partial charge in [-0.25, -0.2) is 0 Å². The third-order valence-electron chi connectivity index (χ3n) is 0.765. The maximum atomic E-state index is 5.44. The monoisotopic (exact) mass is 130 g/mol. The van der Waals surface area contributed by atoms with Crippen molar-refractivity contribution in [3.05, 3.63) is 23.0 Å². The van der Waals surface area contributed by atoms with Crippen LogP contribution in [0.4, 0.5) is 0 Å². The van der Waals surface area contributed by atoms with Gasteiger partial charge in [0, 0.05) is 0 Å². The van der Waals surface area contributed by atoms with E-state index >= 15 is 0 Å². The Morgan fingerprint density at radius 2 is 2.12 bits per heavy atom. The molecule has 1 rings (SSSR count). The van der Waals surface area contributed by atoms with Crippen molar-refractivity contribution in [2.75, 3.05) is 0 Å². The molecule has 0 unspecified atom stereocenters. The summed E-state index contributed by atoms with van der Waals surface area (Å²) in [5.74, 6) is 0. The van der Waals surface area contributed by atoms with E-state index in [-0.39, 0.29) is 0 Å². The quantitative estimate of drug-likeness (QED) is 0.531. The molecular formula is C5H5ClN2. The van der Waals surface area contributed by atoms with Crippen molar-refractivity contribution in [2.24, 2.45) is 0 Å². The van der Waals surface area contributed by atoms with E-state index in [1.54, 1.807) is 6.07 Å². The molecule has 0 saturated heterocycles. The van der Waals surface area contributed by atoms with E-state index in [2.05, 4.69) is 10.2 Å². The Bertz CT molecular complexity index is 149. The minimum absolute atomic E-state index is 0.440. The van der Waals surface area contributed by atoms with Crippen LogP contribution in [0.2, 0.25) is 5.15 Å². The fraction of sp³-hybridized carbons (Fsp3) is 0.200. The van der Waals surface area contributed by atoms with Gasteiger partial charge in [-0.3, -0.25) is 0 Å². The Hall–Kier alpha value is -0.630. The molecule has 0 saturated carbocycles. The molecule has 0 aliphatic heterocycles. The number of nitrogens with zero attached hydrogens (tertiary/aromatic N) is 2. The first kappa shape index (κ1) is 5.51. The lowest BCUT2D eigenvalue weighted by Gasteiger charge is -1.85. The van der Waals surface area contributed by atoms with Gasteiger partial charge < -0.3 is 0 Å². The smallest absolute Gasteiger partial charge is 0.151 e. The van der Waals surface area contributed by atoms with Crippen molar-refractivity contribution in [3.8, 4) is 0 Å². The van der Waals surface area contributed by atoms with Crippen LogP contribution < -0.4 is 0 Å². The second-order valence-electron chi connectivity index (χ2n) is 1.50. The Labute approximate surface area is 52.5 Å². The van der Waals surface area contributed by atoms with Crippen molar-refractivity contribution >= 4 is 11.6 Å². The highest BCUT2D eigenvalue weighted by molar-refractivity contribution is 6.29. The van der Waals surface area contributed by atoms with E-state index < -0.39 is 0 Å². The standard InChI is InChI=1S/C5H5ClN2/c1-4-2-3-5(6)8-7-4/h2-3H,1H3/i7+1,8+1. The lowest BCUT2D eigenvalue weighted by atomic mass is 10.5. The minimum atomic E-state index is 0.440. The van der Waals surface area contributed by atoms with Crippen molar-refractivity contribution in [3.63, 3.8) is 0 Å². The van der Waals surface area contributed by atoms with E-state index in [4.69, 9.17) is 11.6 Å². The zero-order valence-corrected chi connectivity index (χ0v) is 5.18. The first-order valence-corrected chi connectivity index (χ1v) is 2.62. The first-order chi connectivity index (χ1) is 3.79.